The summed E-state index contributed by atoms with van der Waals surface area (Å²) in [6, 6.07) is 7.39. The molecule has 4 rings (SSSR count). The topological polar surface area (TPSA) is 80.0 Å². The summed E-state index contributed by atoms with van der Waals surface area (Å²) >= 11 is 0. The van der Waals surface area contributed by atoms with Crippen LogP contribution in [0.3, 0.4) is 0 Å². The minimum atomic E-state index is -1.62. The first kappa shape index (κ1) is 15.0. The van der Waals surface area contributed by atoms with Crippen LogP contribution in [0.5, 0.6) is 5.75 Å². The van der Waals surface area contributed by atoms with Crippen LogP contribution in [0.4, 0.5) is 0 Å². The van der Waals surface area contributed by atoms with Gasteiger partial charge in [-0.1, -0.05) is 12.1 Å². The second kappa shape index (κ2) is 5.49. The number of amides is 1. The van der Waals surface area contributed by atoms with Crippen molar-refractivity contribution in [2.24, 2.45) is 5.73 Å². The molecule has 8 heteroatoms. The van der Waals surface area contributed by atoms with Crippen molar-refractivity contribution in [1.82, 2.24) is 0 Å². The summed E-state index contributed by atoms with van der Waals surface area (Å²) < 4.78 is 24.3. The molecule has 0 unspecified atom stereocenters. The number of hydrogen-bond donors (Lipinski definition) is 1. The summed E-state index contributed by atoms with van der Waals surface area (Å²) in [5, 5.41) is 0. The Bertz CT molecular complexity index is 578. The summed E-state index contributed by atoms with van der Waals surface area (Å²) in [5.41, 5.74) is 6.06. The van der Waals surface area contributed by atoms with Gasteiger partial charge in [0.15, 0.2) is 0 Å². The van der Waals surface area contributed by atoms with E-state index < -0.39 is 6.89 Å². The fraction of sp³-hybridized carbons (Fsp3) is 0.533. The molecule has 0 radical (unpaired) electrons. The van der Waals surface area contributed by atoms with Crippen molar-refractivity contribution in [1.29, 1.82) is 0 Å². The first-order valence-corrected chi connectivity index (χ1v) is 8.06. The Kier molecular flexibility index (Phi) is 3.57. The molecule has 0 saturated carbocycles. The van der Waals surface area contributed by atoms with Crippen LogP contribution in [0.2, 0.25) is 0 Å². The molecule has 3 fully saturated rings. The maximum absolute atomic E-state index is 10.9. The van der Waals surface area contributed by atoms with Gasteiger partial charge in [-0.3, -0.25) is 4.79 Å². The molecule has 23 heavy (non-hydrogen) atoms. The van der Waals surface area contributed by atoms with Gasteiger partial charge in [-0.05, 0) is 17.7 Å². The SMILES string of the molecule is NC(=O)Cc1ccc(OC[C@@H]2C[N+]34CCO[B-]3(OCC4)O2)cc1. The van der Waals surface area contributed by atoms with E-state index in [1.165, 1.54) is 0 Å². The zero-order valence-electron chi connectivity index (χ0n) is 13.0. The highest BCUT2D eigenvalue weighted by Crippen LogP contribution is 2.41. The van der Waals surface area contributed by atoms with Crippen LogP contribution >= 0.6 is 0 Å². The van der Waals surface area contributed by atoms with Gasteiger partial charge in [-0.2, -0.15) is 0 Å². The van der Waals surface area contributed by atoms with Gasteiger partial charge in [-0.15, -0.1) is 0 Å². The number of rotatable bonds is 5. The molecule has 2 N–H and O–H groups in total. The highest BCUT2D eigenvalue weighted by Gasteiger charge is 2.66. The Morgan fingerprint density at radius 1 is 1.26 bits per heavy atom. The third kappa shape index (κ3) is 2.51. The average Bonchev–Trinajstić information content (AvgIpc) is 3.07. The number of ether oxygens (including phenoxy) is 1. The van der Waals surface area contributed by atoms with E-state index in [0.29, 0.717) is 19.8 Å². The Morgan fingerprint density at radius 2 is 1.96 bits per heavy atom. The molecule has 1 aromatic rings. The normalized spacial score (nSPS) is 35.0. The van der Waals surface area contributed by atoms with E-state index in [4.69, 9.17) is 24.4 Å². The minimum Gasteiger partial charge on any atom is -0.491 e. The molecule has 1 amide bonds. The van der Waals surface area contributed by atoms with Crippen molar-refractivity contribution in [3.8, 4) is 5.75 Å². The molecule has 0 aromatic heterocycles. The van der Waals surface area contributed by atoms with Gasteiger partial charge in [0, 0.05) is 0 Å². The van der Waals surface area contributed by atoms with Gasteiger partial charge in [0.25, 0.3) is 0 Å². The Balaban J connectivity index is 1.35. The number of quaternary nitrogens is 1. The van der Waals surface area contributed by atoms with E-state index in [1.807, 2.05) is 24.3 Å². The van der Waals surface area contributed by atoms with Gasteiger partial charge in [0.1, 0.15) is 18.5 Å². The summed E-state index contributed by atoms with van der Waals surface area (Å²) in [4.78, 5) is 10.9. The summed E-state index contributed by atoms with van der Waals surface area (Å²) in [6.07, 6.45) is 0.215. The van der Waals surface area contributed by atoms with E-state index in [1.54, 1.807) is 0 Å². The van der Waals surface area contributed by atoms with Gasteiger partial charge in [-0.25, -0.2) is 0 Å². The van der Waals surface area contributed by atoms with E-state index in [0.717, 1.165) is 35.3 Å². The zero-order valence-corrected chi connectivity index (χ0v) is 13.0. The lowest BCUT2D eigenvalue weighted by molar-refractivity contribution is -0.816. The molecule has 7 nitrogen and oxygen atoms in total. The third-order valence-electron chi connectivity index (χ3n) is 5.07. The molecule has 3 heterocycles. The summed E-state index contributed by atoms with van der Waals surface area (Å²) in [5.74, 6) is 0.412. The number of carbonyl (C=O) groups excluding carboxylic acids is 1. The van der Waals surface area contributed by atoms with E-state index >= 15 is 0 Å². The van der Waals surface area contributed by atoms with E-state index in [2.05, 4.69) is 0 Å². The molecule has 1 aromatic carbocycles. The van der Waals surface area contributed by atoms with Gasteiger partial charge in [0.2, 0.25) is 5.91 Å². The second-order valence-corrected chi connectivity index (χ2v) is 6.55. The number of carbonyl (C=O) groups is 1. The van der Waals surface area contributed by atoms with Crippen molar-refractivity contribution < 1.29 is 27.9 Å². The standard InChI is InChI=1S/C15H21BN2O5/c17-15(19)9-12-1-3-13(4-2-12)20-11-14-10-18-5-7-21-16(18,23-14)22-8-6-18/h1-4,14H,5-11H2,(H2,17,19)/t14-,16?,18?/m0/s1. The molecule has 3 saturated heterocycles. The Morgan fingerprint density at radius 3 is 2.57 bits per heavy atom. The van der Waals surface area contributed by atoms with Gasteiger partial charge < -0.3 is 28.8 Å². The average molecular weight is 320 g/mol. The molecule has 0 aliphatic carbocycles. The zero-order chi connectivity index (χ0) is 15.9. The van der Waals surface area contributed by atoms with Crippen LogP contribution in [-0.2, 0) is 25.2 Å². The first-order valence-electron chi connectivity index (χ1n) is 8.06. The van der Waals surface area contributed by atoms with E-state index in [-0.39, 0.29) is 18.4 Å². The summed E-state index contributed by atoms with van der Waals surface area (Å²) in [6.45, 7) is 3.04. The number of nitrogens with zero attached hydrogens (tertiary/aromatic N) is 1. The fourth-order valence-electron chi connectivity index (χ4n) is 3.96. The number of primary amides is 1. The largest absolute Gasteiger partial charge is 0.625 e. The van der Waals surface area contributed by atoms with Crippen LogP contribution in [-0.4, -0.2) is 62.7 Å². The van der Waals surface area contributed by atoms with Crippen molar-refractivity contribution in [3.63, 3.8) is 0 Å². The van der Waals surface area contributed by atoms with Crippen LogP contribution in [0.25, 0.3) is 0 Å². The number of benzene rings is 1. The molecule has 1 atom stereocenters. The fourth-order valence-corrected chi connectivity index (χ4v) is 3.96. The van der Waals surface area contributed by atoms with Crippen LogP contribution in [0.1, 0.15) is 5.56 Å². The van der Waals surface area contributed by atoms with Crippen molar-refractivity contribution in [2.75, 3.05) is 39.5 Å². The quantitative estimate of drug-likeness (QED) is 0.761. The Hall–Kier alpha value is -1.61. The van der Waals surface area contributed by atoms with E-state index in [9.17, 15) is 4.79 Å². The lowest BCUT2D eigenvalue weighted by Crippen LogP contribution is -2.59. The smallest absolute Gasteiger partial charge is 0.491 e. The maximum atomic E-state index is 10.9. The number of hydrogen-bond acceptors (Lipinski definition) is 5. The Labute approximate surface area is 134 Å². The highest BCUT2D eigenvalue weighted by atomic mass is 16.8. The van der Waals surface area contributed by atoms with Crippen LogP contribution < -0.4 is 10.5 Å². The third-order valence-corrected chi connectivity index (χ3v) is 5.07. The highest BCUT2D eigenvalue weighted by molar-refractivity contribution is 6.54. The molecule has 0 spiro atoms. The molecule has 124 valence electrons. The first-order chi connectivity index (χ1) is 11.1. The van der Waals surface area contributed by atoms with Gasteiger partial charge >= 0.3 is 6.89 Å². The van der Waals surface area contributed by atoms with Crippen molar-refractivity contribution in [2.45, 2.75) is 12.5 Å². The summed E-state index contributed by atoms with van der Waals surface area (Å²) in [7, 11) is 0. The van der Waals surface area contributed by atoms with Crippen LogP contribution in [0.15, 0.2) is 24.3 Å². The second-order valence-electron chi connectivity index (χ2n) is 6.55. The van der Waals surface area contributed by atoms with Crippen molar-refractivity contribution >= 4 is 12.8 Å². The predicted molar refractivity (Wildman–Crippen MR) is 82.2 cm³/mol. The van der Waals surface area contributed by atoms with Crippen molar-refractivity contribution in [3.05, 3.63) is 29.8 Å². The molecule has 0 bridgehead atoms. The molecule has 3 aliphatic rings. The monoisotopic (exact) mass is 320 g/mol. The predicted octanol–water partition coefficient (Wildman–Crippen LogP) is -0.195. The molecular weight excluding hydrogens is 299 g/mol. The lowest BCUT2D eigenvalue weighted by Gasteiger charge is -2.37. The minimum absolute atomic E-state index is 0.0269. The maximum Gasteiger partial charge on any atom is 0.625 e. The lowest BCUT2D eigenvalue weighted by atomic mass is 9.94. The van der Waals surface area contributed by atoms with Crippen LogP contribution in [0, 0.1) is 0 Å². The molecule has 3 aliphatic heterocycles. The van der Waals surface area contributed by atoms with Gasteiger partial charge in [0.05, 0.1) is 39.3 Å². The number of nitrogens with two attached hydrogens (primary N) is 1. The molecular formula is C15H21BN2O5.